The van der Waals surface area contributed by atoms with Crippen molar-refractivity contribution in [3.63, 3.8) is 0 Å². The van der Waals surface area contributed by atoms with Gasteiger partial charge in [0.25, 0.3) is 0 Å². The van der Waals surface area contributed by atoms with Crippen LogP contribution in [-0.2, 0) is 11.3 Å². The van der Waals surface area contributed by atoms with E-state index in [1.807, 2.05) is 6.92 Å². The normalized spacial score (nSPS) is 12.7. The van der Waals surface area contributed by atoms with E-state index in [0.29, 0.717) is 13.1 Å². The predicted octanol–water partition coefficient (Wildman–Crippen LogP) is 1.66. The monoisotopic (exact) mass is 213 g/mol. The fourth-order valence-corrected chi connectivity index (χ4v) is 1.16. The van der Waals surface area contributed by atoms with Gasteiger partial charge in [0, 0.05) is 20.2 Å². The predicted molar refractivity (Wildman–Crippen MR) is 56.2 cm³/mol. The molecule has 0 bridgehead atoms. The number of hydrogen-bond acceptors (Lipinski definition) is 3. The summed E-state index contributed by atoms with van der Waals surface area (Å²) in [6, 6.07) is 4.36. The van der Waals surface area contributed by atoms with Crippen LogP contribution in [0.3, 0.4) is 0 Å². The molecule has 0 aliphatic carbocycles. The number of aromatic hydroxyl groups is 1. The van der Waals surface area contributed by atoms with E-state index >= 15 is 0 Å². The first kappa shape index (κ1) is 11.9. The molecule has 84 valence electrons. The Hall–Kier alpha value is -1.13. The fourth-order valence-electron chi connectivity index (χ4n) is 1.16. The minimum absolute atomic E-state index is 0.131. The molecule has 0 fully saturated rings. The average Bonchev–Trinajstić information content (AvgIpc) is 2.23. The van der Waals surface area contributed by atoms with Crippen molar-refractivity contribution in [2.45, 2.75) is 19.6 Å². The number of nitrogens with one attached hydrogen (secondary N) is 1. The smallest absolute Gasteiger partial charge is 0.165 e. The molecular weight excluding hydrogens is 197 g/mol. The van der Waals surface area contributed by atoms with Gasteiger partial charge in [-0.1, -0.05) is 6.07 Å². The highest BCUT2D eigenvalue weighted by Gasteiger charge is 2.02. The van der Waals surface area contributed by atoms with Gasteiger partial charge in [0.05, 0.1) is 6.10 Å². The first-order chi connectivity index (χ1) is 7.13. The molecule has 0 heterocycles. The molecule has 1 rings (SSSR count). The molecule has 0 aliphatic rings. The van der Waals surface area contributed by atoms with Crippen molar-refractivity contribution in [1.82, 2.24) is 5.32 Å². The zero-order chi connectivity index (χ0) is 11.3. The molecule has 15 heavy (non-hydrogen) atoms. The molecule has 1 unspecified atom stereocenters. The molecule has 0 aliphatic heterocycles. The molecule has 3 nitrogen and oxygen atoms in total. The van der Waals surface area contributed by atoms with Crippen LogP contribution in [0, 0.1) is 5.82 Å². The summed E-state index contributed by atoms with van der Waals surface area (Å²) in [5.41, 5.74) is 0.800. The fraction of sp³-hybridized carbons (Fsp3) is 0.455. The van der Waals surface area contributed by atoms with Crippen molar-refractivity contribution in [3.8, 4) is 5.75 Å². The Labute approximate surface area is 88.9 Å². The van der Waals surface area contributed by atoms with Crippen LogP contribution in [0.4, 0.5) is 4.39 Å². The Balaban J connectivity index is 2.41. The lowest BCUT2D eigenvalue weighted by Gasteiger charge is -2.10. The number of phenols is 1. The van der Waals surface area contributed by atoms with Gasteiger partial charge in [-0.15, -0.1) is 0 Å². The molecule has 0 aromatic heterocycles. The van der Waals surface area contributed by atoms with Gasteiger partial charge in [-0.2, -0.15) is 0 Å². The summed E-state index contributed by atoms with van der Waals surface area (Å²) in [7, 11) is 1.65. The Bertz CT molecular complexity index is 317. The van der Waals surface area contributed by atoms with Gasteiger partial charge in [0.1, 0.15) is 0 Å². The number of phenolic OH excluding ortho intramolecular Hbond substituents is 1. The number of methoxy groups -OCH3 is 1. The highest BCUT2D eigenvalue weighted by atomic mass is 19.1. The first-order valence-electron chi connectivity index (χ1n) is 4.84. The third-order valence-electron chi connectivity index (χ3n) is 2.18. The molecule has 0 saturated carbocycles. The van der Waals surface area contributed by atoms with E-state index in [2.05, 4.69) is 5.32 Å². The molecule has 1 aromatic rings. The van der Waals surface area contributed by atoms with Crippen LogP contribution in [0.5, 0.6) is 5.75 Å². The number of ether oxygens (including phenoxy) is 1. The summed E-state index contributed by atoms with van der Waals surface area (Å²) >= 11 is 0. The van der Waals surface area contributed by atoms with Crippen molar-refractivity contribution >= 4 is 0 Å². The van der Waals surface area contributed by atoms with Gasteiger partial charge in [-0.25, -0.2) is 4.39 Å². The highest BCUT2D eigenvalue weighted by Crippen LogP contribution is 2.15. The van der Waals surface area contributed by atoms with Crippen LogP contribution >= 0.6 is 0 Å². The van der Waals surface area contributed by atoms with Crippen molar-refractivity contribution < 1.29 is 14.2 Å². The van der Waals surface area contributed by atoms with Gasteiger partial charge >= 0.3 is 0 Å². The maximum atomic E-state index is 12.9. The van der Waals surface area contributed by atoms with E-state index in [0.717, 1.165) is 5.56 Å². The summed E-state index contributed by atoms with van der Waals surface area (Å²) in [6.45, 7) is 3.22. The van der Waals surface area contributed by atoms with E-state index in [4.69, 9.17) is 9.84 Å². The first-order valence-corrected chi connectivity index (χ1v) is 4.84. The third-order valence-corrected chi connectivity index (χ3v) is 2.18. The van der Waals surface area contributed by atoms with Crippen LogP contribution in [0.15, 0.2) is 18.2 Å². The standard InChI is InChI=1S/C11H16FNO2/c1-8(15-2)6-13-7-9-3-4-11(14)10(12)5-9/h3-5,8,13-14H,6-7H2,1-2H3. The number of hydrogen-bond donors (Lipinski definition) is 2. The lowest BCUT2D eigenvalue weighted by Crippen LogP contribution is -2.25. The summed E-state index contributed by atoms with van der Waals surface area (Å²) in [5, 5.41) is 12.1. The number of rotatable bonds is 5. The highest BCUT2D eigenvalue weighted by molar-refractivity contribution is 5.27. The Morgan fingerprint density at radius 1 is 1.53 bits per heavy atom. The molecule has 1 atom stereocenters. The van der Waals surface area contributed by atoms with Crippen LogP contribution < -0.4 is 5.32 Å². The molecule has 1 aromatic carbocycles. The summed E-state index contributed by atoms with van der Waals surface area (Å²) in [5.74, 6) is -0.905. The van der Waals surface area contributed by atoms with Gasteiger partial charge in [-0.3, -0.25) is 0 Å². The molecule has 0 amide bonds. The van der Waals surface area contributed by atoms with Gasteiger partial charge in [0.2, 0.25) is 0 Å². The van der Waals surface area contributed by atoms with E-state index in [1.54, 1.807) is 13.2 Å². The third kappa shape index (κ3) is 3.85. The summed E-state index contributed by atoms with van der Waals surface area (Å²) in [4.78, 5) is 0. The van der Waals surface area contributed by atoms with Crippen LogP contribution in [-0.4, -0.2) is 24.9 Å². The molecule has 0 saturated heterocycles. The van der Waals surface area contributed by atoms with Crippen molar-refractivity contribution in [3.05, 3.63) is 29.6 Å². The van der Waals surface area contributed by atoms with E-state index in [9.17, 15) is 4.39 Å². The van der Waals surface area contributed by atoms with Crippen LogP contribution in [0.1, 0.15) is 12.5 Å². The van der Waals surface area contributed by atoms with Gasteiger partial charge < -0.3 is 15.2 Å². The lowest BCUT2D eigenvalue weighted by molar-refractivity contribution is 0.117. The van der Waals surface area contributed by atoms with Gasteiger partial charge in [-0.05, 0) is 24.6 Å². The zero-order valence-corrected chi connectivity index (χ0v) is 8.96. The van der Waals surface area contributed by atoms with Crippen LogP contribution in [0.2, 0.25) is 0 Å². The largest absolute Gasteiger partial charge is 0.505 e. The quantitative estimate of drug-likeness (QED) is 0.781. The second-order valence-corrected chi connectivity index (χ2v) is 3.46. The Morgan fingerprint density at radius 3 is 2.87 bits per heavy atom. The maximum absolute atomic E-state index is 12.9. The average molecular weight is 213 g/mol. The van der Waals surface area contributed by atoms with E-state index in [1.165, 1.54) is 12.1 Å². The second-order valence-electron chi connectivity index (χ2n) is 3.46. The van der Waals surface area contributed by atoms with E-state index < -0.39 is 5.82 Å². The van der Waals surface area contributed by atoms with Crippen molar-refractivity contribution in [2.24, 2.45) is 0 Å². The lowest BCUT2D eigenvalue weighted by atomic mass is 10.2. The minimum Gasteiger partial charge on any atom is -0.505 e. The molecule has 4 heteroatoms. The zero-order valence-electron chi connectivity index (χ0n) is 8.96. The second kappa shape index (κ2) is 5.68. The topological polar surface area (TPSA) is 41.5 Å². The minimum atomic E-state index is -0.589. The van der Waals surface area contributed by atoms with Gasteiger partial charge in [0.15, 0.2) is 11.6 Å². The van der Waals surface area contributed by atoms with Crippen LogP contribution in [0.25, 0.3) is 0 Å². The van der Waals surface area contributed by atoms with E-state index in [-0.39, 0.29) is 11.9 Å². The number of halogens is 1. The molecule has 0 radical (unpaired) electrons. The number of benzene rings is 1. The summed E-state index contributed by atoms with van der Waals surface area (Å²) < 4.78 is 18.0. The maximum Gasteiger partial charge on any atom is 0.165 e. The molecule has 2 N–H and O–H groups in total. The Kier molecular flexibility index (Phi) is 4.52. The van der Waals surface area contributed by atoms with Crippen molar-refractivity contribution in [2.75, 3.05) is 13.7 Å². The SMILES string of the molecule is COC(C)CNCc1ccc(O)c(F)c1. The summed E-state index contributed by atoms with van der Waals surface area (Å²) in [6.07, 6.45) is 0.131. The Morgan fingerprint density at radius 2 is 2.27 bits per heavy atom. The van der Waals surface area contributed by atoms with Crippen molar-refractivity contribution in [1.29, 1.82) is 0 Å². The molecule has 0 spiro atoms. The molecular formula is C11H16FNO2.